The van der Waals surface area contributed by atoms with E-state index >= 15 is 0 Å². The molecule has 0 saturated carbocycles. The van der Waals surface area contributed by atoms with Crippen LogP contribution in [0.3, 0.4) is 0 Å². The molecule has 0 unspecified atom stereocenters. The first-order valence-corrected chi connectivity index (χ1v) is 10.2. The Morgan fingerprint density at radius 1 is 0.964 bits per heavy atom. The number of aromatic amines is 1. The van der Waals surface area contributed by atoms with Gasteiger partial charge in [-0.15, -0.1) is 0 Å². The van der Waals surface area contributed by atoms with Crippen molar-refractivity contribution in [3.8, 4) is 11.1 Å². The van der Waals surface area contributed by atoms with Gasteiger partial charge in [-0.05, 0) is 68.7 Å². The Bertz CT molecular complexity index is 1150. The first-order chi connectivity index (χ1) is 13.7. The van der Waals surface area contributed by atoms with Crippen molar-refractivity contribution in [2.24, 2.45) is 0 Å². The minimum absolute atomic E-state index is 1.04. The van der Waals surface area contributed by atoms with E-state index in [4.69, 9.17) is 0 Å². The fourth-order valence-corrected chi connectivity index (χ4v) is 4.59. The fourth-order valence-electron chi connectivity index (χ4n) is 4.59. The Morgan fingerprint density at radius 2 is 1.86 bits per heavy atom. The van der Waals surface area contributed by atoms with Gasteiger partial charge in [0.1, 0.15) is 0 Å². The molecular formula is C25H27N3. The van der Waals surface area contributed by atoms with E-state index in [0.29, 0.717) is 0 Å². The number of rotatable bonds is 5. The van der Waals surface area contributed by atoms with E-state index in [1.807, 2.05) is 0 Å². The summed E-state index contributed by atoms with van der Waals surface area (Å²) >= 11 is 0. The number of anilines is 1. The number of hydrogen-bond acceptors (Lipinski definition) is 2. The molecule has 1 aliphatic rings. The summed E-state index contributed by atoms with van der Waals surface area (Å²) in [6.45, 7) is 2.15. The van der Waals surface area contributed by atoms with Crippen molar-refractivity contribution in [2.75, 3.05) is 32.5 Å². The molecule has 0 atom stereocenters. The van der Waals surface area contributed by atoms with Gasteiger partial charge in [0, 0.05) is 39.6 Å². The van der Waals surface area contributed by atoms with Gasteiger partial charge >= 0.3 is 0 Å². The van der Waals surface area contributed by atoms with E-state index in [2.05, 4.69) is 83.9 Å². The second kappa shape index (κ2) is 6.99. The lowest BCUT2D eigenvalue weighted by Crippen LogP contribution is -2.13. The molecule has 0 spiro atoms. The minimum Gasteiger partial charge on any atom is -0.384 e. The van der Waals surface area contributed by atoms with Crippen LogP contribution in [0.2, 0.25) is 0 Å². The van der Waals surface area contributed by atoms with Crippen molar-refractivity contribution < 1.29 is 0 Å². The van der Waals surface area contributed by atoms with E-state index in [-0.39, 0.29) is 0 Å². The van der Waals surface area contributed by atoms with Gasteiger partial charge in [-0.25, -0.2) is 0 Å². The van der Waals surface area contributed by atoms with Crippen LogP contribution in [0.25, 0.3) is 32.9 Å². The highest BCUT2D eigenvalue weighted by molar-refractivity contribution is 6.10. The maximum absolute atomic E-state index is 3.66. The highest BCUT2D eigenvalue weighted by Crippen LogP contribution is 2.38. The predicted octanol–water partition coefficient (Wildman–Crippen LogP) is 5.45. The van der Waals surface area contributed by atoms with Crippen LogP contribution in [0.5, 0.6) is 0 Å². The topological polar surface area (TPSA) is 31.1 Å². The van der Waals surface area contributed by atoms with E-state index in [0.717, 1.165) is 32.4 Å². The van der Waals surface area contributed by atoms with Crippen LogP contribution in [0.4, 0.5) is 5.69 Å². The summed E-state index contributed by atoms with van der Waals surface area (Å²) in [6.07, 6.45) is 3.37. The predicted molar refractivity (Wildman–Crippen MR) is 120 cm³/mol. The lowest BCUT2D eigenvalue weighted by Gasteiger charge is -2.14. The molecule has 142 valence electrons. The van der Waals surface area contributed by atoms with Crippen molar-refractivity contribution in [2.45, 2.75) is 19.3 Å². The van der Waals surface area contributed by atoms with Crippen LogP contribution in [0.15, 0.2) is 54.6 Å². The first-order valence-electron chi connectivity index (χ1n) is 10.2. The molecule has 0 radical (unpaired) electrons. The number of aromatic nitrogens is 1. The monoisotopic (exact) mass is 369 g/mol. The highest BCUT2D eigenvalue weighted by Gasteiger charge is 2.17. The number of nitrogens with one attached hydrogen (secondary N) is 2. The third-order valence-electron chi connectivity index (χ3n) is 5.90. The lowest BCUT2D eigenvalue weighted by molar-refractivity contribution is 0.400. The average molecular weight is 370 g/mol. The molecule has 0 aliphatic carbocycles. The Hall–Kier alpha value is -2.78. The number of aryl methyl sites for hydroxylation is 1. The summed E-state index contributed by atoms with van der Waals surface area (Å²) in [5.74, 6) is 0. The van der Waals surface area contributed by atoms with Gasteiger partial charge in [0.25, 0.3) is 0 Å². The molecule has 0 bridgehead atoms. The molecular weight excluding hydrogens is 342 g/mol. The summed E-state index contributed by atoms with van der Waals surface area (Å²) in [6, 6.07) is 20.1. The minimum atomic E-state index is 1.04. The van der Waals surface area contributed by atoms with Gasteiger partial charge in [0.15, 0.2) is 0 Å². The van der Waals surface area contributed by atoms with Crippen molar-refractivity contribution in [1.29, 1.82) is 0 Å². The molecule has 28 heavy (non-hydrogen) atoms. The van der Waals surface area contributed by atoms with Crippen molar-refractivity contribution >= 4 is 27.5 Å². The first kappa shape index (κ1) is 17.3. The zero-order valence-electron chi connectivity index (χ0n) is 16.7. The number of benzene rings is 3. The Morgan fingerprint density at radius 3 is 2.75 bits per heavy atom. The summed E-state index contributed by atoms with van der Waals surface area (Å²) < 4.78 is 0. The van der Waals surface area contributed by atoms with Crippen LogP contribution < -0.4 is 5.32 Å². The maximum atomic E-state index is 3.66. The van der Waals surface area contributed by atoms with Crippen LogP contribution >= 0.6 is 0 Å². The van der Waals surface area contributed by atoms with Gasteiger partial charge in [-0.1, -0.05) is 42.5 Å². The maximum Gasteiger partial charge on any atom is 0.0473 e. The van der Waals surface area contributed by atoms with Crippen LogP contribution in [-0.2, 0) is 12.8 Å². The standard InChI is InChI=1S/C25H27N3/c1-28(2)14-6-8-18-15-19(20-10-5-7-17-12-13-26-25(17)20)16-23-24(18)21-9-3-4-11-22(21)27-23/h3-5,7,9-11,15-16,26-27H,6,8,12-14H2,1-2H3. The molecule has 0 amide bonds. The summed E-state index contributed by atoms with van der Waals surface area (Å²) in [5, 5.41) is 6.32. The smallest absolute Gasteiger partial charge is 0.0473 e. The number of nitrogens with zero attached hydrogens (tertiary/aromatic N) is 1. The van der Waals surface area contributed by atoms with Gasteiger partial charge in [-0.2, -0.15) is 0 Å². The summed E-state index contributed by atoms with van der Waals surface area (Å²) in [7, 11) is 4.30. The molecule has 1 aromatic heterocycles. The normalized spacial score (nSPS) is 13.4. The molecule has 2 heterocycles. The van der Waals surface area contributed by atoms with E-state index in [9.17, 15) is 0 Å². The number of H-pyrrole nitrogens is 1. The third-order valence-corrected chi connectivity index (χ3v) is 5.90. The molecule has 3 nitrogen and oxygen atoms in total. The Kier molecular flexibility index (Phi) is 4.33. The second-order valence-corrected chi connectivity index (χ2v) is 8.15. The zero-order chi connectivity index (χ0) is 19.1. The van der Waals surface area contributed by atoms with Crippen LogP contribution in [0.1, 0.15) is 17.5 Å². The van der Waals surface area contributed by atoms with Gasteiger partial charge in [-0.3, -0.25) is 0 Å². The number of fused-ring (bicyclic) bond motifs is 4. The molecule has 3 aromatic carbocycles. The molecule has 0 fully saturated rings. The van der Waals surface area contributed by atoms with Gasteiger partial charge in [0.05, 0.1) is 0 Å². The number of para-hydroxylation sites is 2. The van der Waals surface area contributed by atoms with E-state index in [1.165, 1.54) is 49.7 Å². The third kappa shape index (κ3) is 2.96. The van der Waals surface area contributed by atoms with Crippen LogP contribution in [-0.4, -0.2) is 37.1 Å². The van der Waals surface area contributed by atoms with E-state index in [1.54, 1.807) is 0 Å². The average Bonchev–Trinajstić information content (AvgIpc) is 3.31. The quantitative estimate of drug-likeness (QED) is 0.490. The zero-order valence-corrected chi connectivity index (χ0v) is 16.7. The van der Waals surface area contributed by atoms with E-state index < -0.39 is 0 Å². The fraction of sp³-hybridized carbons (Fsp3) is 0.280. The summed E-state index contributed by atoms with van der Waals surface area (Å²) in [4.78, 5) is 5.93. The van der Waals surface area contributed by atoms with Crippen molar-refractivity contribution in [1.82, 2.24) is 9.88 Å². The molecule has 1 aliphatic heterocycles. The second-order valence-electron chi connectivity index (χ2n) is 8.15. The largest absolute Gasteiger partial charge is 0.384 e. The molecule has 0 saturated heterocycles. The Labute approximate surface area is 166 Å². The summed E-state index contributed by atoms with van der Waals surface area (Å²) in [5.41, 5.74) is 9.30. The SMILES string of the molecule is CN(C)CCCc1cc(-c2cccc3c2NCC3)cc2[nH]c3ccccc3c12. The van der Waals surface area contributed by atoms with Crippen molar-refractivity contribution in [3.05, 3.63) is 65.7 Å². The van der Waals surface area contributed by atoms with Gasteiger partial charge < -0.3 is 15.2 Å². The number of hydrogen-bond donors (Lipinski definition) is 2. The lowest BCUT2D eigenvalue weighted by atomic mass is 9.94. The van der Waals surface area contributed by atoms with Crippen molar-refractivity contribution in [3.63, 3.8) is 0 Å². The van der Waals surface area contributed by atoms with Crippen LogP contribution in [0, 0.1) is 0 Å². The molecule has 2 N–H and O–H groups in total. The molecule has 4 aromatic rings. The molecule has 5 rings (SSSR count). The highest BCUT2D eigenvalue weighted by atomic mass is 15.0. The molecule has 3 heteroatoms. The van der Waals surface area contributed by atoms with Gasteiger partial charge in [0.2, 0.25) is 0 Å². The Balaban J connectivity index is 1.69.